The molecule has 6 heteroatoms. The highest BCUT2D eigenvalue weighted by Gasteiger charge is 2.50. The first kappa shape index (κ1) is 37.3. The highest BCUT2D eigenvalue weighted by Crippen LogP contribution is 2.54. The van der Waals surface area contributed by atoms with Gasteiger partial charge in [0.05, 0.1) is 30.9 Å². The predicted octanol–water partition coefficient (Wildman–Crippen LogP) is 9.27. The van der Waals surface area contributed by atoms with Gasteiger partial charge in [-0.25, -0.2) is 9.59 Å². The van der Waals surface area contributed by atoms with Gasteiger partial charge < -0.3 is 14.6 Å². The molecule has 2 saturated carbocycles. The Balaban J connectivity index is 0.000000167. The first-order valence-corrected chi connectivity index (χ1v) is 19.3. The van der Waals surface area contributed by atoms with Gasteiger partial charge in [0.25, 0.3) is 0 Å². The van der Waals surface area contributed by atoms with Crippen LogP contribution in [0, 0.1) is 11.8 Å². The van der Waals surface area contributed by atoms with Crippen molar-refractivity contribution in [3.8, 4) is 0 Å². The molecule has 0 heterocycles. The van der Waals surface area contributed by atoms with Gasteiger partial charge in [-0.1, -0.05) is 104 Å². The summed E-state index contributed by atoms with van der Waals surface area (Å²) in [5.41, 5.74) is 7.71. The van der Waals surface area contributed by atoms with Crippen molar-refractivity contribution >= 4 is 29.9 Å². The quantitative estimate of drug-likeness (QED) is 0.191. The van der Waals surface area contributed by atoms with Crippen LogP contribution in [0.1, 0.15) is 106 Å². The molecular formula is C48H50O6. The fourth-order valence-corrected chi connectivity index (χ4v) is 9.72. The number of hydrogen-bond acceptors (Lipinski definition) is 6. The van der Waals surface area contributed by atoms with Gasteiger partial charge in [-0.3, -0.25) is 4.79 Å². The second-order valence-corrected chi connectivity index (χ2v) is 15.7. The van der Waals surface area contributed by atoms with Gasteiger partial charge in [0.2, 0.25) is 0 Å². The number of carbonyl (C=O) groups excluding carboxylic acids is 3. The molecule has 2 fully saturated rings. The fraction of sp³-hybridized carbons (Fsp3) is 0.354. The summed E-state index contributed by atoms with van der Waals surface area (Å²) in [6, 6.07) is 32.8. The molecule has 0 unspecified atom stereocenters. The lowest BCUT2D eigenvalue weighted by atomic mass is 9.54. The Labute approximate surface area is 318 Å². The van der Waals surface area contributed by atoms with E-state index in [-0.39, 0.29) is 34.6 Å². The molecule has 1 N–H and O–H groups in total. The summed E-state index contributed by atoms with van der Waals surface area (Å²) in [5.74, 6) is 0.208. The van der Waals surface area contributed by atoms with Gasteiger partial charge in [-0.2, -0.15) is 0 Å². The second kappa shape index (κ2) is 15.3. The molecule has 4 aromatic carbocycles. The number of fused-ring (bicyclic) bond motifs is 6. The molecule has 8 rings (SSSR count). The number of Topliss-reactive ketones (excluding diaryl/α,β-unsaturated/α-hetero) is 1. The molecule has 0 bridgehead atoms. The molecule has 0 saturated heterocycles. The maximum absolute atomic E-state index is 12.1. The zero-order valence-electron chi connectivity index (χ0n) is 31.6. The van der Waals surface area contributed by atoms with Crippen LogP contribution in [0.25, 0.3) is 12.2 Å². The zero-order valence-corrected chi connectivity index (χ0v) is 31.6. The molecule has 54 heavy (non-hydrogen) atoms. The average molecular weight is 723 g/mol. The summed E-state index contributed by atoms with van der Waals surface area (Å²) < 4.78 is 9.76. The molecule has 0 aromatic heterocycles. The number of methoxy groups -OCH3 is 2. The van der Waals surface area contributed by atoms with E-state index in [0.29, 0.717) is 29.8 Å². The molecule has 0 radical (unpaired) electrons. The van der Waals surface area contributed by atoms with Crippen LogP contribution in [0.3, 0.4) is 0 Å². The van der Waals surface area contributed by atoms with Gasteiger partial charge in [0.1, 0.15) is 5.78 Å². The minimum absolute atomic E-state index is 0.0541. The topological polar surface area (TPSA) is 89.9 Å². The van der Waals surface area contributed by atoms with E-state index in [4.69, 9.17) is 9.47 Å². The van der Waals surface area contributed by atoms with Crippen molar-refractivity contribution < 1.29 is 29.0 Å². The van der Waals surface area contributed by atoms with Crippen LogP contribution in [0.2, 0.25) is 0 Å². The summed E-state index contributed by atoms with van der Waals surface area (Å²) in [6.07, 6.45) is 15.8. The van der Waals surface area contributed by atoms with Gasteiger partial charge >= 0.3 is 11.9 Å². The number of rotatable bonds is 7. The predicted molar refractivity (Wildman–Crippen MR) is 212 cm³/mol. The third kappa shape index (κ3) is 7.12. The highest BCUT2D eigenvalue weighted by atomic mass is 16.5. The average Bonchev–Trinajstić information content (AvgIpc) is 3.21. The number of hydrogen-bond donors (Lipinski definition) is 1. The summed E-state index contributed by atoms with van der Waals surface area (Å²) in [7, 11) is 2.81. The number of aliphatic hydroxyl groups is 1. The SMILES string of the molecule is CC[C@@]1(O)CC[C@@]2(Cc3ccccc3)c3ccc(C(=O)OC)cc3C=C[C@H]2C1.COC(=O)c1ccc2c(c1)C=C[C@H]1CC(=O)CC[C@@]21Cc1ccccc1. The summed E-state index contributed by atoms with van der Waals surface area (Å²) >= 11 is 0. The first-order valence-electron chi connectivity index (χ1n) is 19.3. The van der Waals surface area contributed by atoms with Gasteiger partial charge in [0, 0.05) is 23.7 Å². The Morgan fingerprint density at radius 1 is 0.685 bits per heavy atom. The van der Waals surface area contributed by atoms with E-state index in [9.17, 15) is 19.5 Å². The Hall–Kier alpha value is -5.07. The number of ketones is 1. The van der Waals surface area contributed by atoms with Crippen molar-refractivity contribution in [3.05, 3.63) is 154 Å². The van der Waals surface area contributed by atoms with Gasteiger partial charge in [0.15, 0.2) is 0 Å². The van der Waals surface area contributed by atoms with E-state index >= 15 is 0 Å². The van der Waals surface area contributed by atoms with Crippen LogP contribution in [-0.2, 0) is 37.9 Å². The van der Waals surface area contributed by atoms with Gasteiger partial charge in [-0.05, 0) is 114 Å². The van der Waals surface area contributed by atoms with Crippen LogP contribution in [0.5, 0.6) is 0 Å². The number of benzene rings is 4. The largest absolute Gasteiger partial charge is 0.465 e. The Kier molecular flexibility index (Phi) is 10.6. The molecule has 4 aromatic rings. The fourth-order valence-electron chi connectivity index (χ4n) is 9.72. The lowest BCUT2D eigenvalue weighted by Crippen LogP contribution is -2.49. The lowest BCUT2D eigenvalue weighted by molar-refractivity contribution is -0.122. The molecule has 6 nitrogen and oxygen atoms in total. The Bertz CT molecular complexity index is 2080. The standard InChI is InChI=1S/C25H28O3.C23H22O3/c1-3-24(27)13-14-25(16-18-7-5-4-6-8-18)21(17-24)11-9-19-15-20(23(26)28-2)10-12-22(19)25;1-26-22(25)18-8-10-21-17(13-18)7-9-19-14-20(24)11-12-23(19,21)15-16-5-3-2-4-6-16/h4-12,15,21,27H,3,13-14,16-17H2,1-2H3;2-10,13,19H,11-12,14-15H2,1H3/t21-,24+,25-;19-,23-/m00/s1. The molecule has 4 aliphatic carbocycles. The molecule has 5 atom stereocenters. The molecule has 278 valence electrons. The maximum Gasteiger partial charge on any atom is 0.337 e. The number of ether oxygens (including phenoxy) is 2. The summed E-state index contributed by atoms with van der Waals surface area (Å²) in [4.78, 5) is 36.0. The molecule has 0 aliphatic heterocycles. The van der Waals surface area contributed by atoms with Crippen LogP contribution in [-0.4, -0.2) is 42.6 Å². The van der Waals surface area contributed by atoms with E-state index in [1.165, 1.54) is 36.5 Å². The van der Waals surface area contributed by atoms with Crippen molar-refractivity contribution in [2.24, 2.45) is 11.8 Å². The highest BCUT2D eigenvalue weighted by molar-refractivity contribution is 5.91. The second-order valence-electron chi connectivity index (χ2n) is 15.7. The number of carbonyl (C=O) groups is 3. The Morgan fingerprint density at radius 3 is 1.69 bits per heavy atom. The Morgan fingerprint density at radius 2 is 1.19 bits per heavy atom. The van der Waals surface area contributed by atoms with Crippen molar-refractivity contribution in [2.75, 3.05) is 14.2 Å². The molecular weight excluding hydrogens is 673 g/mol. The lowest BCUT2D eigenvalue weighted by Gasteiger charge is -2.51. The van der Waals surface area contributed by atoms with Crippen molar-refractivity contribution in [2.45, 2.75) is 81.1 Å². The minimum Gasteiger partial charge on any atom is -0.465 e. The van der Waals surface area contributed by atoms with Crippen LogP contribution < -0.4 is 0 Å². The zero-order chi connectivity index (χ0) is 37.9. The summed E-state index contributed by atoms with van der Waals surface area (Å²) in [6.45, 7) is 2.08. The van der Waals surface area contributed by atoms with E-state index in [0.717, 1.165) is 56.1 Å². The molecule has 0 amide bonds. The number of esters is 2. The summed E-state index contributed by atoms with van der Waals surface area (Å²) in [5, 5.41) is 11.0. The minimum atomic E-state index is -0.585. The van der Waals surface area contributed by atoms with Crippen LogP contribution in [0.4, 0.5) is 0 Å². The van der Waals surface area contributed by atoms with E-state index in [1.54, 1.807) is 0 Å². The normalized spacial score (nSPS) is 26.2. The van der Waals surface area contributed by atoms with E-state index < -0.39 is 5.60 Å². The van der Waals surface area contributed by atoms with Crippen molar-refractivity contribution in [1.82, 2.24) is 0 Å². The van der Waals surface area contributed by atoms with E-state index in [1.807, 2.05) is 36.4 Å². The van der Waals surface area contributed by atoms with Gasteiger partial charge in [-0.15, -0.1) is 0 Å². The third-order valence-corrected chi connectivity index (χ3v) is 12.8. The number of allylic oxidation sites excluding steroid dienone is 2. The van der Waals surface area contributed by atoms with Crippen molar-refractivity contribution in [1.29, 1.82) is 0 Å². The van der Waals surface area contributed by atoms with E-state index in [2.05, 4.69) is 91.9 Å². The van der Waals surface area contributed by atoms with Crippen LogP contribution >= 0.6 is 0 Å². The third-order valence-electron chi connectivity index (χ3n) is 12.8. The van der Waals surface area contributed by atoms with Crippen molar-refractivity contribution in [3.63, 3.8) is 0 Å². The molecule has 0 spiro atoms. The van der Waals surface area contributed by atoms with Crippen LogP contribution in [0.15, 0.2) is 109 Å². The first-order chi connectivity index (χ1) is 26.1. The smallest absolute Gasteiger partial charge is 0.337 e. The maximum atomic E-state index is 12.1. The monoisotopic (exact) mass is 722 g/mol. The molecule has 4 aliphatic rings.